The number of nitrogens with zero attached hydrogens (tertiary/aromatic N) is 3. The van der Waals surface area contributed by atoms with Crippen LogP contribution in [0.1, 0.15) is 56.2 Å². The maximum atomic E-state index is 13.2. The molecular weight excluding hydrogens is 310 g/mol. The summed E-state index contributed by atoms with van der Waals surface area (Å²) in [6, 6.07) is 9.37. The molecule has 2 amide bonds. The van der Waals surface area contributed by atoms with Gasteiger partial charge >= 0.3 is 6.03 Å². The van der Waals surface area contributed by atoms with Crippen LogP contribution in [0.3, 0.4) is 0 Å². The van der Waals surface area contributed by atoms with Gasteiger partial charge in [-0.15, -0.1) is 0 Å². The van der Waals surface area contributed by atoms with Gasteiger partial charge in [-0.3, -0.25) is 0 Å². The van der Waals surface area contributed by atoms with Crippen LogP contribution in [-0.4, -0.2) is 41.0 Å². The van der Waals surface area contributed by atoms with E-state index < -0.39 is 0 Å². The first-order valence-electron chi connectivity index (χ1n) is 9.61. The predicted molar refractivity (Wildman–Crippen MR) is 95.2 cm³/mol. The molecule has 0 radical (unpaired) electrons. The zero-order valence-electron chi connectivity index (χ0n) is 15.1. The van der Waals surface area contributed by atoms with Gasteiger partial charge in [-0.25, -0.2) is 4.79 Å². The zero-order chi connectivity index (χ0) is 17.4. The van der Waals surface area contributed by atoms with Crippen molar-refractivity contribution in [3.8, 4) is 6.07 Å². The summed E-state index contributed by atoms with van der Waals surface area (Å²) in [7, 11) is 0. The first-order chi connectivity index (χ1) is 12.0. The van der Waals surface area contributed by atoms with Gasteiger partial charge < -0.3 is 9.80 Å². The molecule has 2 aliphatic heterocycles. The molecule has 25 heavy (non-hydrogen) atoms. The van der Waals surface area contributed by atoms with E-state index in [4.69, 9.17) is 0 Å². The molecule has 2 unspecified atom stereocenters. The third-order valence-corrected chi connectivity index (χ3v) is 7.94. The molecule has 5 rings (SSSR count). The van der Waals surface area contributed by atoms with Crippen LogP contribution in [0.4, 0.5) is 4.79 Å². The van der Waals surface area contributed by atoms with Gasteiger partial charge in [0.2, 0.25) is 0 Å². The lowest BCUT2D eigenvalue weighted by Crippen LogP contribution is -2.87. The molecule has 0 aromatic heterocycles. The van der Waals surface area contributed by atoms with Crippen molar-refractivity contribution in [3.63, 3.8) is 0 Å². The fourth-order valence-corrected chi connectivity index (χ4v) is 6.26. The van der Waals surface area contributed by atoms with Crippen molar-refractivity contribution in [2.45, 2.75) is 63.5 Å². The van der Waals surface area contributed by atoms with E-state index >= 15 is 0 Å². The highest BCUT2D eigenvalue weighted by molar-refractivity contribution is 5.78. The smallest absolute Gasteiger partial charge is 0.320 e. The molecule has 1 saturated carbocycles. The van der Waals surface area contributed by atoms with Crippen molar-refractivity contribution in [1.29, 1.82) is 5.26 Å². The van der Waals surface area contributed by atoms with E-state index in [1.54, 1.807) is 0 Å². The van der Waals surface area contributed by atoms with E-state index in [-0.39, 0.29) is 22.9 Å². The lowest BCUT2D eigenvalue weighted by Gasteiger charge is -2.79. The first kappa shape index (κ1) is 15.3. The average molecular weight is 335 g/mol. The number of urea groups is 1. The number of fused-ring (bicyclic) bond motifs is 2. The largest absolute Gasteiger partial charge is 0.325 e. The predicted octanol–water partition coefficient (Wildman–Crippen LogP) is 3.44. The van der Waals surface area contributed by atoms with Gasteiger partial charge in [0.15, 0.2) is 0 Å². The maximum Gasteiger partial charge on any atom is 0.320 e. The summed E-state index contributed by atoms with van der Waals surface area (Å²) in [6.45, 7) is 6.58. The highest BCUT2D eigenvalue weighted by Gasteiger charge is 2.77. The van der Waals surface area contributed by atoms with Crippen LogP contribution in [0.15, 0.2) is 18.2 Å². The van der Waals surface area contributed by atoms with Crippen LogP contribution in [0.5, 0.6) is 0 Å². The Morgan fingerprint density at radius 1 is 1.20 bits per heavy atom. The summed E-state index contributed by atoms with van der Waals surface area (Å²) >= 11 is 0. The van der Waals surface area contributed by atoms with Crippen LogP contribution in [0.25, 0.3) is 0 Å². The molecule has 130 valence electrons. The van der Waals surface area contributed by atoms with Crippen LogP contribution in [0, 0.1) is 16.7 Å². The van der Waals surface area contributed by atoms with E-state index in [0.29, 0.717) is 6.04 Å². The summed E-state index contributed by atoms with van der Waals surface area (Å²) in [6.07, 6.45) is 5.47. The van der Waals surface area contributed by atoms with Crippen molar-refractivity contribution >= 4 is 6.03 Å². The monoisotopic (exact) mass is 335 g/mol. The van der Waals surface area contributed by atoms with Gasteiger partial charge in [-0.1, -0.05) is 19.9 Å². The average Bonchev–Trinajstić information content (AvgIpc) is 2.64. The minimum atomic E-state index is 0.141. The number of likely N-dealkylation sites (tertiary alicyclic amines) is 2. The Morgan fingerprint density at radius 3 is 2.68 bits per heavy atom. The molecule has 1 aromatic rings. The third-order valence-electron chi connectivity index (χ3n) is 7.94. The lowest BCUT2D eigenvalue weighted by molar-refractivity contribution is -0.233. The molecule has 0 N–H and O–H groups in total. The quantitative estimate of drug-likeness (QED) is 0.729. The summed E-state index contributed by atoms with van der Waals surface area (Å²) < 4.78 is 0. The number of amides is 2. The molecule has 4 aliphatic rings. The fraction of sp³-hybridized carbons (Fsp3) is 0.619. The third kappa shape index (κ3) is 1.65. The minimum Gasteiger partial charge on any atom is -0.325 e. The Hall–Kier alpha value is -2.02. The highest BCUT2D eigenvalue weighted by atomic mass is 16.2. The van der Waals surface area contributed by atoms with Gasteiger partial charge in [-0.2, -0.15) is 5.26 Å². The van der Waals surface area contributed by atoms with E-state index in [2.05, 4.69) is 41.8 Å². The normalized spacial score (nSPS) is 38.0. The molecule has 2 aliphatic carbocycles. The second kappa shape index (κ2) is 4.78. The van der Waals surface area contributed by atoms with Gasteiger partial charge in [0, 0.05) is 36.0 Å². The summed E-state index contributed by atoms with van der Waals surface area (Å²) in [5.74, 6) is 0. The van der Waals surface area contributed by atoms with Gasteiger partial charge in [0.25, 0.3) is 0 Å². The number of piperidine rings is 2. The van der Waals surface area contributed by atoms with E-state index in [9.17, 15) is 10.1 Å². The SMILES string of the molecule is CC12C3C[C@@]1(C)c1ccc(C#N)cc1C[C@H]2N3C(=O)N1CCCCC1. The molecule has 0 bridgehead atoms. The van der Waals surface area contributed by atoms with Crippen molar-refractivity contribution in [3.05, 3.63) is 34.9 Å². The molecule has 4 atom stereocenters. The van der Waals surface area contributed by atoms with E-state index in [0.717, 1.165) is 44.3 Å². The standard InChI is InChI=1S/C21H25N3O/c1-20-12-18-21(20,2)17(11-15-10-14(13-22)6-7-16(15)20)24(18)19(25)23-8-4-3-5-9-23/h6-7,10,17-18H,3-5,8-9,11-12H2,1-2H3/t17-,18?,20+,21?/m1/s1. The summed E-state index contributed by atoms with van der Waals surface area (Å²) in [5.41, 5.74) is 3.75. The molecule has 2 saturated heterocycles. The summed E-state index contributed by atoms with van der Waals surface area (Å²) in [4.78, 5) is 17.4. The number of hydrogen-bond acceptors (Lipinski definition) is 2. The van der Waals surface area contributed by atoms with E-state index in [1.165, 1.54) is 17.5 Å². The Morgan fingerprint density at radius 2 is 1.96 bits per heavy atom. The number of carbonyl (C=O) groups excluding carboxylic acids is 1. The molecule has 1 aromatic carbocycles. The molecule has 4 heteroatoms. The van der Waals surface area contributed by atoms with Crippen molar-refractivity contribution < 1.29 is 4.79 Å². The Bertz CT molecular complexity index is 806. The molecule has 4 nitrogen and oxygen atoms in total. The molecule has 0 spiro atoms. The summed E-state index contributed by atoms with van der Waals surface area (Å²) in [5, 5.41) is 9.25. The Balaban J connectivity index is 1.50. The number of rotatable bonds is 0. The minimum absolute atomic E-state index is 0.141. The van der Waals surface area contributed by atoms with Crippen molar-refractivity contribution in [1.82, 2.24) is 9.80 Å². The Labute approximate surface area is 149 Å². The van der Waals surface area contributed by atoms with Gasteiger partial charge in [0.05, 0.1) is 11.6 Å². The molecular formula is C21H25N3O. The fourth-order valence-electron chi connectivity index (χ4n) is 6.26. The van der Waals surface area contributed by atoms with Crippen LogP contribution >= 0.6 is 0 Å². The number of nitriles is 1. The number of benzene rings is 1. The number of hydrogen-bond donors (Lipinski definition) is 0. The second-order valence-electron chi connectivity index (χ2n) is 8.78. The second-order valence-corrected chi connectivity index (χ2v) is 8.78. The van der Waals surface area contributed by atoms with Crippen LogP contribution < -0.4 is 0 Å². The van der Waals surface area contributed by atoms with E-state index in [1.807, 2.05) is 6.07 Å². The maximum absolute atomic E-state index is 13.2. The lowest BCUT2D eigenvalue weighted by atomic mass is 9.35. The van der Waals surface area contributed by atoms with Gasteiger partial charge in [-0.05, 0) is 55.4 Å². The number of carbonyl (C=O) groups is 1. The molecule has 3 fully saturated rings. The zero-order valence-corrected chi connectivity index (χ0v) is 15.1. The highest BCUT2D eigenvalue weighted by Crippen LogP contribution is 2.71. The topological polar surface area (TPSA) is 47.3 Å². The van der Waals surface area contributed by atoms with Crippen LogP contribution in [0.2, 0.25) is 0 Å². The van der Waals surface area contributed by atoms with Crippen molar-refractivity contribution in [2.75, 3.05) is 13.1 Å². The van der Waals surface area contributed by atoms with Crippen molar-refractivity contribution in [2.24, 2.45) is 5.41 Å². The first-order valence-corrected chi connectivity index (χ1v) is 9.61. The van der Waals surface area contributed by atoms with Crippen LogP contribution in [-0.2, 0) is 11.8 Å². The molecule has 2 heterocycles. The Kier molecular flexibility index (Phi) is 2.92. The van der Waals surface area contributed by atoms with Gasteiger partial charge in [0.1, 0.15) is 0 Å².